The molecule has 0 amide bonds. The summed E-state index contributed by atoms with van der Waals surface area (Å²) in [5.41, 5.74) is 2.47. The molecule has 6 rings (SSSR count). The van der Waals surface area contributed by atoms with Crippen molar-refractivity contribution in [1.82, 2.24) is 24.5 Å². The highest BCUT2D eigenvalue weighted by atomic mass is 16.4. The zero-order valence-electron chi connectivity index (χ0n) is 19.2. The van der Waals surface area contributed by atoms with E-state index in [4.69, 9.17) is 4.42 Å². The van der Waals surface area contributed by atoms with Crippen molar-refractivity contribution in [2.24, 2.45) is 0 Å². The van der Waals surface area contributed by atoms with E-state index in [0.717, 1.165) is 31.2 Å². The number of pyridine rings is 1. The quantitative estimate of drug-likeness (QED) is 0.328. The Morgan fingerprint density at radius 1 is 1.12 bits per heavy atom. The number of nitrogens with one attached hydrogen (secondary N) is 2. The number of benzene rings is 1. The zero-order chi connectivity index (χ0) is 23.6. The topological polar surface area (TPSA) is 122 Å². The van der Waals surface area contributed by atoms with Crippen LogP contribution in [0.25, 0.3) is 44.2 Å². The van der Waals surface area contributed by atoms with E-state index in [0.29, 0.717) is 33.1 Å². The van der Waals surface area contributed by atoms with E-state index < -0.39 is 11.2 Å². The SMILES string of the molecule is CC(C)n1cc(-c2c3oc4c(O)c(=O)ccc4c3[nH]c3c2c(=O)[nH]n3C2CCCCCC2)cn1. The highest BCUT2D eigenvalue weighted by Gasteiger charge is 2.26. The first-order valence-corrected chi connectivity index (χ1v) is 11.9. The molecule has 34 heavy (non-hydrogen) atoms. The molecule has 4 aromatic heterocycles. The summed E-state index contributed by atoms with van der Waals surface area (Å²) in [6, 6.07) is 3.31. The van der Waals surface area contributed by atoms with Crippen molar-refractivity contribution < 1.29 is 9.52 Å². The van der Waals surface area contributed by atoms with Crippen molar-refractivity contribution in [3.8, 4) is 16.9 Å². The van der Waals surface area contributed by atoms with Gasteiger partial charge in [0.1, 0.15) is 5.65 Å². The highest BCUT2D eigenvalue weighted by Crippen LogP contribution is 2.41. The van der Waals surface area contributed by atoms with Crippen LogP contribution < -0.4 is 11.0 Å². The van der Waals surface area contributed by atoms with Gasteiger partial charge in [-0.15, -0.1) is 0 Å². The van der Waals surface area contributed by atoms with Gasteiger partial charge in [-0.05, 0) is 38.8 Å². The number of phenols is 1. The lowest BCUT2D eigenvalue weighted by atomic mass is 10.0. The highest BCUT2D eigenvalue weighted by molar-refractivity contribution is 6.15. The summed E-state index contributed by atoms with van der Waals surface area (Å²) in [4.78, 5) is 28.9. The lowest BCUT2D eigenvalue weighted by Gasteiger charge is -2.17. The van der Waals surface area contributed by atoms with Crippen LogP contribution in [-0.2, 0) is 0 Å². The zero-order valence-corrected chi connectivity index (χ0v) is 19.2. The Labute approximate surface area is 194 Å². The standard InChI is InChI=1S/C25H27N5O4/c1-13(2)29-12-14(11-26-29)18-19-24(30(28-25(19)33)15-7-5-3-4-6-8-15)27-20-16-9-10-17(31)21(32)22(16)34-23(18)20/h9-13,15,27,32H,3-8H2,1-2H3,(H,28,33). The van der Waals surface area contributed by atoms with E-state index in [-0.39, 0.29) is 23.2 Å². The van der Waals surface area contributed by atoms with E-state index in [1.165, 1.54) is 18.9 Å². The molecule has 1 aliphatic carbocycles. The number of H-pyrrole nitrogens is 2. The molecule has 1 aliphatic rings. The predicted molar refractivity (Wildman–Crippen MR) is 130 cm³/mol. The van der Waals surface area contributed by atoms with Crippen molar-refractivity contribution >= 4 is 33.1 Å². The number of hydrogen-bond donors (Lipinski definition) is 3. The minimum Gasteiger partial charge on any atom is -0.502 e. The fourth-order valence-corrected chi connectivity index (χ4v) is 5.28. The molecule has 9 nitrogen and oxygen atoms in total. The normalized spacial score (nSPS) is 15.7. The van der Waals surface area contributed by atoms with Crippen LogP contribution in [0.2, 0.25) is 0 Å². The van der Waals surface area contributed by atoms with Gasteiger partial charge in [-0.2, -0.15) is 5.10 Å². The third kappa shape index (κ3) is 3.03. The molecule has 5 aromatic rings. The molecule has 0 saturated heterocycles. The smallest absolute Gasteiger partial charge is 0.274 e. The van der Waals surface area contributed by atoms with E-state index in [9.17, 15) is 14.7 Å². The minimum atomic E-state index is -0.508. The van der Waals surface area contributed by atoms with Crippen LogP contribution in [0.15, 0.2) is 38.5 Å². The lowest BCUT2D eigenvalue weighted by molar-refractivity contribution is 0.413. The van der Waals surface area contributed by atoms with Gasteiger partial charge in [0.15, 0.2) is 11.2 Å². The number of phenolic OH excluding ortho intramolecular Hbond substituents is 1. The van der Waals surface area contributed by atoms with Crippen LogP contribution in [-0.4, -0.2) is 29.7 Å². The Kier molecular flexibility index (Phi) is 4.68. The fraction of sp³-hybridized carbons (Fsp3) is 0.400. The maximum atomic E-state index is 13.4. The summed E-state index contributed by atoms with van der Waals surface area (Å²) in [7, 11) is 0. The van der Waals surface area contributed by atoms with Gasteiger partial charge in [0.05, 0.1) is 23.1 Å². The van der Waals surface area contributed by atoms with Gasteiger partial charge < -0.3 is 14.5 Å². The molecule has 176 valence electrons. The summed E-state index contributed by atoms with van der Waals surface area (Å²) in [5.74, 6) is -0.434. The van der Waals surface area contributed by atoms with Crippen LogP contribution >= 0.6 is 0 Å². The largest absolute Gasteiger partial charge is 0.502 e. The number of hydrogen-bond acceptors (Lipinski definition) is 5. The number of fused-ring (bicyclic) bond motifs is 4. The molecule has 1 aromatic carbocycles. The van der Waals surface area contributed by atoms with Crippen molar-refractivity contribution in [1.29, 1.82) is 0 Å². The third-order valence-corrected chi connectivity index (χ3v) is 7.05. The molecule has 0 unspecified atom stereocenters. The summed E-state index contributed by atoms with van der Waals surface area (Å²) in [6.07, 6.45) is 10.3. The van der Waals surface area contributed by atoms with Gasteiger partial charge in [0, 0.05) is 28.8 Å². The summed E-state index contributed by atoms with van der Waals surface area (Å²) in [5, 5.41) is 19.1. The van der Waals surface area contributed by atoms with Crippen LogP contribution in [0.4, 0.5) is 0 Å². The minimum absolute atomic E-state index is 0.112. The van der Waals surface area contributed by atoms with Crippen LogP contribution in [0.5, 0.6) is 5.75 Å². The van der Waals surface area contributed by atoms with Gasteiger partial charge in [-0.1, -0.05) is 25.7 Å². The summed E-state index contributed by atoms with van der Waals surface area (Å²) >= 11 is 0. The Morgan fingerprint density at radius 3 is 2.59 bits per heavy atom. The predicted octanol–water partition coefficient (Wildman–Crippen LogP) is 4.96. The van der Waals surface area contributed by atoms with Crippen LogP contribution in [0, 0.1) is 0 Å². The van der Waals surface area contributed by atoms with Crippen molar-refractivity contribution in [3.05, 3.63) is 45.1 Å². The Balaban J connectivity index is 1.74. The molecule has 0 spiro atoms. The van der Waals surface area contributed by atoms with Gasteiger partial charge in [-0.3, -0.25) is 24.1 Å². The van der Waals surface area contributed by atoms with E-state index in [1.54, 1.807) is 12.3 Å². The van der Waals surface area contributed by atoms with Gasteiger partial charge in [0.25, 0.3) is 5.56 Å². The van der Waals surface area contributed by atoms with Crippen LogP contribution in [0.1, 0.15) is 64.5 Å². The maximum absolute atomic E-state index is 13.4. The number of aromatic nitrogens is 5. The first-order valence-electron chi connectivity index (χ1n) is 11.9. The van der Waals surface area contributed by atoms with Crippen molar-refractivity contribution in [2.75, 3.05) is 0 Å². The maximum Gasteiger partial charge on any atom is 0.274 e. The monoisotopic (exact) mass is 461 g/mol. The Hall–Kier alpha value is -3.75. The first kappa shape index (κ1) is 20.8. The molecule has 0 radical (unpaired) electrons. The van der Waals surface area contributed by atoms with Crippen molar-refractivity contribution in [3.63, 3.8) is 0 Å². The Bertz CT molecular complexity index is 1650. The molecule has 9 heteroatoms. The molecule has 0 atom stereocenters. The number of aromatic amines is 2. The van der Waals surface area contributed by atoms with Gasteiger partial charge >= 0.3 is 0 Å². The summed E-state index contributed by atoms with van der Waals surface area (Å²) in [6.45, 7) is 4.07. The second kappa shape index (κ2) is 7.65. The number of rotatable bonds is 3. The van der Waals surface area contributed by atoms with Gasteiger partial charge in [0.2, 0.25) is 11.2 Å². The molecule has 4 heterocycles. The first-order chi connectivity index (χ1) is 16.4. The number of nitrogens with zero attached hydrogens (tertiary/aromatic N) is 3. The molecule has 0 bridgehead atoms. The molecular formula is C25H27N5O4. The second-order valence-electron chi connectivity index (χ2n) is 9.58. The number of aromatic hydroxyl groups is 1. The lowest BCUT2D eigenvalue weighted by Crippen LogP contribution is -2.13. The molecule has 0 aliphatic heterocycles. The third-order valence-electron chi connectivity index (χ3n) is 7.05. The van der Waals surface area contributed by atoms with E-state index in [1.807, 2.05) is 29.4 Å². The van der Waals surface area contributed by atoms with Gasteiger partial charge in [-0.25, -0.2) is 0 Å². The molecular weight excluding hydrogens is 434 g/mol. The average molecular weight is 462 g/mol. The van der Waals surface area contributed by atoms with E-state index >= 15 is 0 Å². The molecule has 1 fully saturated rings. The van der Waals surface area contributed by atoms with Crippen LogP contribution in [0.3, 0.4) is 0 Å². The summed E-state index contributed by atoms with van der Waals surface area (Å²) < 4.78 is 9.88. The molecule has 3 N–H and O–H groups in total. The number of furan rings is 1. The fourth-order valence-electron chi connectivity index (χ4n) is 5.28. The second-order valence-corrected chi connectivity index (χ2v) is 9.58. The van der Waals surface area contributed by atoms with E-state index in [2.05, 4.69) is 15.2 Å². The average Bonchev–Trinajstić information content (AvgIpc) is 3.46. The van der Waals surface area contributed by atoms with Crippen molar-refractivity contribution in [2.45, 2.75) is 64.5 Å². The molecule has 1 saturated carbocycles. The Morgan fingerprint density at radius 2 is 1.88 bits per heavy atom.